The fourth-order valence-electron chi connectivity index (χ4n) is 8.98. The second-order valence-electron chi connectivity index (χ2n) is 15.3. The zero-order valence-corrected chi connectivity index (χ0v) is 32.5. The molecule has 1 aromatic heterocycles. The van der Waals surface area contributed by atoms with Gasteiger partial charge in [0, 0.05) is 45.3 Å². The normalized spacial score (nSPS) is 11.5. The Balaban J connectivity index is 1.04. The van der Waals surface area contributed by atoms with Crippen molar-refractivity contribution in [3.8, 4) is 27.9 Å². The van der Waals surface area contributed by atoms with E-state index in [9.17, 15) is 0 Å². The smallest absolute Gasteiger partial charge is 0.0619 e. The molecule has 278 valence electrons. The van der Waals surface area contributed by atoms with Crippen LogP contribution in [0, 0.1) is 0 Å². The maximum atomic E-state index is 2.50. The Hall–Kier alpha value is -7.68. The van der Waals surface area contributed by atoms with E-state index in [1.807, 2.05) is 0 Å². The minimum absolute atomic E-state index is 0.749. The van der Waals surface area contributed by atoms with E-state index in [0.717, 1.165) is 23.5 Å². The summed E-state index contributed by atoms with van der Waals surface area (Å²) in [5, 5.41) is 7.54. The van der Waals surface area contributed by atoms with Gasteiger partial charge < -0.3 is 9.47 Å². The molecule has 2 heteroatoms. The molecule has 0 radical (unpaired) electrons. The fourth-order valence-corrected chi connectivity index (χ4v) is 8.98. The summed E-state index contributed by atoms with van der Waals surface area (Å²) in [7, 11) is 0. The van der Waals surface area contributed by atoms with Crippen molar-refractivity contribution >= 4 is 60.4 Å². The number of benzene rings is 10. The summed E-state index contributed by atoms with van der Waals surface area (Å²) < 4.78 is 2.50. The number of rotatable bonds is 8. The standard InChI is InChI=1S/C57H40N2/c1-2-14-40(15-3-1)42-28-33-49(34-29-42)58(50-35-30-43(31-36-50)46-27-26-41-16-4-5-18-45(41)38-46)54-23-11-7-19-47(54)39-48-20-8-12-24-55(48)59-56-25-13-10-22-52(56)53-37-32-44-17-6-9-21-51(44)57(53)59/h1-38H,39H2. The van der Waals surface area contributed by atoms with Crippen LogP contribution in [-0.4, -0.2) is 4.57 Å². The lowest BCUT2D eigenvalue weighted by atomic mass is 9.98. The Morgan fingerprint density at radius 2 is 0.881 bits per heavy atom. The molecular weight excluding hydrogens is 713 g/mol. The average molecular weight is 753 g/mol. The second-order valence-corrected chi connectivity index (χ2v) is 15.3. The van der Waals surface area contributed by atoms with E-state index < -0.39 is 0 Å². The first-order valence-electron chi connectivity index (χ1n) is 20.4. The monoisotopic (exact) mass is 752 g/mol. The summed E-state index contributed by atoms with van der Waals surface area (Å²) in [6.45, 7) is 0. The third kappa shape index (κ3) is 6.23. The van der Waals surface area contributed by atoms with Crippen molar-refractivity contribution in [3.63, 3.8) is 0 Å². The molecule has 0 aliphatic heterocycles. The Morgan fingerprint density at radius 3 is 1.66 bits per heavy atom. The third-order valence-corrected chi connectivity index (χ3v) is 11.8. The van der Waals surface area contributed by atoms with E-state index in [4.69, 9.17) is 0 Å². The SMILES string of the molecule is c1ccc(-c2ccc(N(c3ccc(-c4ccc5ccccc5c4)cc3)c3ccccc3Cc3ccccc3-n3c4ccccc4c4ccc5ccccc5c43)cc2)cc1. The summed E-state index contributed by atoms with van der Waals surface area (Å²) in [5.74, 6) is 0. The Labute approximate surface area is 344 Å². The highest BCUT2D eigenvalue weighted by Gasteiger charge is 2.20. The highest BCUT2D eigenvalue weighted by atomic mass is 15.1. The van der Waals surface area contributed by atoms with E-state index in [1.165, 1.54) is 82.4 Å². The molecule has 0 bridgehead atoms. The van der Waals surface area contributed by atoms with Crippen LogP contribution in [0.2, 0.25) is 0 Å². The fraction of sp³-hybridized carbons (Fsp3) is 0.0175. The zero-order chi connectivity index (χ0) is 39.1. The topological polar surface area (TPSA) is 8.17 Å². The summed E-state index contributed by atoms with van der Waals surface area (Å²) in [5.41, 5.74) is 14.4. The number of hydrogen-bond acceptors (Lipinski definition) is 1. The number of aromatic nitrogens is 1. The molecule has 0 saturated heterocycles. The van der Waals surface area contributed by atoms with Gasteiger partial charge in [-0.05, 0) is 98.1 Å². The molecule has 10 aromatic carbocycles. The first kappa shape index (κ1) is 34.6. The van der Waals surface area contributed by atoms with Crippen LogP contribution in [0.25, 0.3) is 71.3 Å². The van der Waals surface area contributed by atoms with Gasteiger partial charge in [0.15, 0.2) is 0 Å². The van der Waals surface area contributed by atoms with E-state index >= 15 is 0 Å². The molecule has 0 N–H and O–H groups in total. The number of para-hydroxylation sites is 3. The lowest BCUT2D eigenvalue weighted by molar-refractivity contribution is 1.09. The van der Waals surface area contributed by atoms with Crippen molar-refractivity contribution in [2.45, 2.75) is 6.42 Å². The van der Waals surface area contributed by atoms with Gasteiger partial charge in [-0.2, -0.15) is 0 Å². The van der Waals surface area contributed by atoms with Crippen LogP contribution in [-0.2, 0) is 6.42 Å². The summed E-state index contributed by atoms with van der Waals surface area (Å²) in [4.78, 5) is 2.42. The van der Waals surface area contributed by atoms with Crippen molar-refractivity contribution in [3.05, 3.63) is 242 Å². The van der Waals surface area contributed by atoms with Gasteiger partial charge in [0.2, 0.25) is 0 Å². The van der Waals surface area contributed by atoms with Crippen molar-refractivity contribution < 1.29 is 0 Å². The van der Waals surface area contributed by atoms with Crippen molar-refractivity contribution in [1.82, 2.24) is 4.57 Å². The van der Waals surface area contributed by atoms with E-state index in [2.05, 4.69) is 240 Å². The minimum atomic E-state index is 0.749. The average Bonchev–Trinajstić information content (AvgIpc) is 3.65. The molecule has 59 heavy (non-hydrogen) atoms. The molecular formula is C57H40N2. The van der Waals surface area contributed by atoms with Crippen molar-refractivity contribution in [1.29, 1.82) is 0 Å². The van der Waals surface area contributed by atoms with E-state index in [0.29, 0.717) is 0 Å². The molecule has 0 spiro atoms. The highest BCUT2D eigenvalue weighted by molar-refractivity contribution is 6.18. The van der Waals surface area contributed by atoms with Crippen LogP contribution in [0.1, 0.15) is 11.1 Å². The van der Waals surface area contributed by atoms with Gasteiger partial charge in [0.1, 0.15) is 0 Å². The molecule has 11 rings (SSSR count). The Kier molecular flexibility index (Phi) is 8.60. The molecule has 0 atom stereocenters. The first-order chi connectivity index (χ1) is 29.3. The van der Waals surface area contributed by atoms with Crippen LogP contribution in [0.3, 0.4) is 0 Å². The lowest BCUT2D eigenvalue weighted by Crippen LogP contribution is -2.13. The molecule has 0 aliphatic carbocycles. The number of hydrogen-bond donors (Lipinski definition) is 0. The first-order valence-corrected chi connectivity index (χ1v) is 20.4. The van der Waals surface area contributed by atoms with Crippen molar-refractivity contribution in [2.24, 2.45) is 0 Å². The van der Waals surface area contributed by atoms with Crippen LogP contribution in [0.5, 0.6) is 0 Å². The van der Waals surface area contributed by atoms with Crippen molar-refractivity contribution in [2.75, 3.05) is 4.90 Å². The largest absolute Gasteiger partial charge is 0.310 e. The van der Waals surface area contributed by atoms with Gasteiger partial charge in [0.05, 0.1) is 11.0 Å². The molecule has 11 aromatic rings. The van der Waals surface area contributed by atoms with Crippen LogP contribution < -0.4 is 4.90 Å². The van der Waals surface area contributed by atoms with E-state index in [1.54, 1.807) is 0 Å². The van der Waals surface area contributed by atoms with Crippen LogP contribution in [0.15, 0.2) is 231 Å². The highest BCUT2D eigenvalue weighted by Crippen LogP contribution is 2.41. The summed E-state index contributed by atoms with van der Waals surface area (Å²) in [6.07, 6.45) is 0.749. The maximum Gasteiger partial charge on any atom is 0.0619 e. The number of fused-ring (bicyclic) bond motifs is 6. The second kappa shape index (κ2) is 14.7. The van der Waals surface area contributed by atoms with Gasteiger partial charge in [-0.3, -0.25) is 0 Å². The van der Waals surface area contributed by atoms with Gasteiger partial charge >= 0.3 is 0 Å². The van der Waals surface area contributed by atoms with E-state index in [-0.39, 0.29) is 0 Å². The van der Waals surface area contributed by atoms with Gasteiger partial charge in [-0.25, -0.2) is 0 Å². The molecule has 2 nitrogen and oxygen atoms in total. The molecule has 0 amide bonds. The number of anilines is 3. The lowest BCUT2D eigenvalue weighted by Gasteiger charge is -2.28. The number of nitrogens with zero attached hydrogens (tertiary/aromatic N) is 2. The van der Waals surface area contributed by atoms with Gasteiger partial charge in [0.25, 0.3) is 0 Å². The molecule has 0 aliphatic rings. The summed E-state index contributed by atoms with van der Waals surface area (Å²) in [6, 6.07) is 83.9. The molecule has 0 unspecified atom stereocenters. The van der Waals surface area contributed by atoms with Gasteiger partial charge in [-0.15, -0.1) is 0 Å². The Bertz CT molecular complexity index is 3280. The van der Waals surface area contributed by atoms with Crippen LogP contribution >= 0.6 is 0 Å². The molecule has 0 saturated carbocycles. The molecule has 1 heterocycles. The minimum Gasteiger partial charge on any atom is -0.310 e. The quantitative estimate of drug-likeness (QED) is 0.150. The predicted molar refractivity (Wildman–Crippen MR) is 251 cm³/mol. The van der Waals surface area contributed by atoms with Gasteiger partial charge in [-0.1, -0.05) is 182 Å². The Morgan fingerprint density at radius 1 is 0.339 bits per heavy atom. The zero-order valence-electron chi connectivity index (χ0n) is 32.5. The predicted octanol–water partition coefficient (Wildman–Crippen LogP) is 15.5. The summed E-state index contributed by atoms with van der Waals surface area (Å²) >= 11 is 0. The molecule has 0 fully saturated rings. The van der Waals surface area contributed by atoms with Crippen LogP contribution in [0.4, 0.5) is 17.1 Å². The third-order valence-electron chi connectivity index (χ3n) is 11.8. The maximum absolute atomic E-state index is 2.50.